The highest BCUT2D eigenvalue weighted by Gasteiger charge is 2.28. The van der Waals surface area contributed by atoms with Crippen LogP contribution in [0.2, 0.25) is 5.02 Å². The Balaban J connectivity index is 0.00000182. The Hall–Kier alpha value is -0.720. The largest absolute Gasteiger partial charge is 0.381 e. The van der Waals surface area contributed by atoms with E-state index in [0.29, 0.717) is 25.7 Å². The number of nitrogens with one attached hydrogen (secondary N) is 1. The van der Waals surface area contributed by atoms with Crippen LogP contribution in [0.4, 0.5) is 5.69 Å². The van der Waals surface area contributed by atoms with Crippen LogP contribution >= 0.6 is 36.4 Å². The fraction of sp³-hybridized carbons (Fsp3) is 0.632. The molecule has 0 bridgehead atoms. The number of nitrogens with zero attached hydrogens (tertiary/aromatic N) is 1. The predicted octanol–water partition coefficient (Wildman–Crippen LogP) is 3.19. The van der Waals surface area contributed by atoms with Crippen LogP contribution in [0.25, 0.3) is 0 Å². The Kier molecular flexibility index (Phi) is 10.2. The monoisotopic (exact) mass is 437 g/mol. The molecule has 2 unspecified atom stereocenters. The molecule has 8 heteroatoms. The third kappa shape index (κ3) is 6.40. The molecule has 154 valence electrons. The molecule has 2 fully saturated rings. The highest BCUT2D eigenvalue weighted by Crippen LogP contribution is 2.29. The molecule has 0 aromatic heterocycles. The Morgan fingerprint density at radius 1 is 1.33 bits per heavy atom. The molecule has 0 saturated carbocycles. The maximum absolute atomic E-state index is 12.3. The first-order valence-electron chi connectivity index (χ1n) is 9.16. The lowest BCUT2D eigenvalue weighted by atomic mass is 9.92. The van der Waals surface area contributed by atoms with Gasteiger partial charge in [0.2, 0.25) is 5.91 Å². The van der Waals surface area contributed by atoms with E-state index in [0.717, 1.165) is 37.4 Å². The Bertz CT molecular complexity index is 612. The zero-order valence-corrected chi connectivity index (χ0v) is 18.0. The lowest BCUT2D eigenvalue weighted by Crippen LogP contribution is -2.48. The maximum atomic E-state index is 12.3. The van der Waals surface area contributed by atoms with Crippen molar-refractivity contribution >= 4 is 48.0 Å². The third-order valence-electron chi connectivity index (χ3n) is 5.44. The van der Waals surface area contributed by atoms with Gasteiger partial charge < -0.3 is 20.7 Å². The number of aryl methyl sites for hydroxylation is 1. The number of amides is 1. The third-order valence-corrected chi connectivity index (χ3v) is 5.67. The minimum Gasteiger partial charge on any atom is -0.381 e. The molecule has 27 heavy (non-hydrogen) atoms. The van der Waals surface area contributed by atoms with Crippen LogP contribution in [0.5, 0.6) is 0 Å². The quantitative estimate of drug-likeness (QED) is 0.741. The molecule has 1 aromatic rings. The van der Waals surface area contributed by atoms with Gasteiger partial charge in [0.05, 0.1) is 6.04 Å². The number of anilines is 1. The maximum Gasteiger partial charge on any atom is 0.237 e. The van der Waals surface area contributed by atoms with Crippen LogP contribution in [-0.2, 0) is 9.53 Å². The van der Waals surface area contributed by atoms with Crippen LogP contribution in [0, 0.1) is 18.8 Å². The first kappa shape index (κ1) is 24.3. The van der Waals surface area contributed by atoms with Gasteiger partial charge in [-0.3, -0.25) is 4.79 Å². The summed E-state index contributed by atoms with van der Waals surface area (Å²) in [7, 11) is 0. The Labute approximate surface area is 179 Å². The minimum atomic E-state index is -0.420. The van der Waals surface area contributed by atoms with Crippen molar-refractivity contribution in [2.45, 2.75) is 32.2 Å². The first-order chi connectivity index (χ1) is 12.0. The molecule has 3 rings (SSSR count). The zero-order chi connectivity index (χ0) is 17.8. The van der Waals surface area contributed by atoms with Crippen molar-refractivity contribution in [1.29, 1.82) is 0 Å². The van der Waals surface area contributed by atoms with E-state index in [1.165, 1.54) is 11.3 Å². The lowest BCUT2D eigenvalue weighted by molar-refractivity contribution is -0.124. The highest BCUT2D eigenvalue weighted by atomic mass is 35.5. The van der Waals surface area contributed by atoms with Gasteiger partial charge in [0.15, 0.2) is 0 Å². The van der Waals surface area contributed by atoms with Crippen molar-refractivity contribution in [2.24, 2.45) is 17.6 Å². The predicted molar refractivity (Wildman–Crippen MR) is 116 cm³/mol. The van der Waals surface area contributed by atoms with Gasteiger partial charge in [-0.15, -0.1) is 24.8 Å². The van der Waals surface area contributed by atoms with Gasteiger partial charge >= 0.3 is 0 Å². The summed E-state index contributed by atoms with van der Waals surface area (Å²) < 4.78 is 5.34. The number of benzene rings is 1. The number of nitrogens with two attached hydrogens (primary N) is 1. The number of carbonyl (C=O) groups excluding carboxylic acids is 1. The number of rotatable bonds is 5. The average molecular weight is 439 g/mol. The van der Waals surface area contributed by atoms with Crippen molar-refractivity contribution in [3.05, 3.63) is 28.8 Å². The van der Waals surface area contributed by atoms with Gasteiger partial charge in [0.25, 0.3) is 0 Å². The van der Waals surface area contributed by atoms with E-state index in [1.807, 2.05) is 12.1 Å². The van der Waals surface area contributed by atoms with E-state index in [-0.39, 0.29) is 36.6 Å². The van der Waals surface area contributed by atoms with Crippen LogP contribution in [0.3, 0.4) is 0 Å². The fourth-order valence-electron chi connectivity index (χ4n) is 3.79. The number of carbonyl (C=O) groups is 1. The van der Waals surface area contributed by atoms with Crippen molar-refractivity contribution in [1.82, 2.24) is 5.32 Å². The lowest BCUT2D eigenvalue weighted by Gasteiger charge is -2.27. The molecule has 2 atom stereocenters. The summed E-state index contributed by atoms with van der Waals surface area (Å²) in [5.74, 6) is 0.663. The number of hydrogen-bond donors (Lipinski definition) is 2. The summed E-state index contributed by atoms with van der Waals surface area (Å²) in [5.41, 5.74) is 8.57. The highest BCUT2D eigenvalue weighted by molar-refractivity contribution is 6.30. The number of halogens is 3. The van der Waals surface area contributed by atoms with E-state index >= 15 is 0 Å². The second-order valence-electron chi connectivity index (χ2n) is 7.25. The summed E-state index contributed by atoms with van der Waals surface area (Å²) in [4.78, 5) is 14.7. The fourth-order valence-corrected chi connectivity index (χ4v) is 3.96. The molecular formula is C19H30Cl3N3O2. The smallest absolute Gasteiger partial charge is 0.237 e. The topological polar surface area (TPSA) is 67.6 Å². The SMILES string of the molecule is Cc1ccc(Cl)cc1N1CCC(CNC(=O)C(N)C2CCOCC2)C1.Cl.Cl. The second-order valence-corrected chi connectivity index (χ2v) is 7.69. The van der Waals surface area contributed by atoms with Crippen molar-refractivity contribution in [3.8, 4) is 0 Å². The summed E-state index contributed by atoms with van der Waals surface area (Å²) in [6.07, 6.45) is 2.82. The van der Waals surface area contributed by atoms with Gasteiger partial charge in [-0.1, -0.05) is 17.7 Å². The second kappa shape index (κ2) is 11.3. The van der Waals surface area contributed by atoms with E-state index in [9.17, 15) is 4.79 Å². The summed E-state index contributed by atoms with van der Waals surface area (Å²) >= 11 is 6.14. The van der Waals surface area contributed by atoms with Crippen molar-refractivity contribution < 1.29 is 9.53 Å². The molecule has 3 N–H and O–H groups in total. The minimum absolute atomic E-state index is 0. The van der Waals surface area contributed by atoms with Crippen LogP contribution in [-0.4, -0.2) is 44.8 Å². The normalized spacial score (nSPS) is 21.1. The Morgan fingerprint density at radius 2 is 2.04 bits per heavy atom. The number of ether oxygens (including phenoxy) is 1. The molecule has 2 aliphatic rings. The summed E-state index contributed by atoms with van der Waals surface area (Å²) in [5, 5.41) is 3.83. The van der Waals surface area contributed by atoms with Gasteiger partial charge in [0, 0.05) is 43.6 Å². The van der Waals surface area contributed by atoms with E-state index in [1.54, 1.807) is 0 Å². The summed E-state index contributed by atoms with van der Waals surface area (Å²) in [6, 6.07) is 5.58. The zero-order valence-electron chi connectivity index (χ0n) is 15.7. The van der Waals surface area contributed by atoms with Crippen molar-refractivity contribution in [3.63, 3.8) is 0 Å². The summed E-state index contributed by atoms with van der Waals surface area (Å²) in [6.45, 7) is 6.14. The van der Waals surface area contributed by atoms with Gasteiger partial charge in [-0.25, -0.2) is 0 Å². The molecule has 1 aromatic carbocycles. The van der Waals surface area contributed by atoms with Crippen LogP contribution < -0.4 is 16.0 Å². The molecule has 1 amide bonds. The van der Waals surface area contributed by atoms with E-state index in [4.69, 9.17) is 22.1 Å². The van der Waals surface area contributed by atoms with Crippen LogP contribution in [0.1, 0.15) is 24.8 Å². The Morgan fingerprint density at radius 3 is 2.74 bits per heavy atom. The molecule has 2 saturated heterocycles. The molecule has 0 radical (unpaired) electrons. The molecule has 0 aliphatic carbocycles. The van der Waals surface area contributed by atoms with Gasteiger partial charge in [-0.05, 0) is 55.7 Å². The van der Waals surface area contributed by atoms with Gasteiger partial charge in [0.1, 0.15) is 0 Å². The van der Waals surface area contributed by atoms with Gasteiger partial charge in [-0.2, -0.15) is 0 Å². The molecule has 2 heterocycles. The van der Waals surface area contributed by atoms with Crippen LogP contribution in [0.15, 0.2) is 18.2 Å². The molecule has 2 aliphatic heterocycles. The van der Waals surface area contributed by atoms with E-state index in [2.05, 4.69) is 23.2 Å². The van der Waals surface area contributed by atoms with E-state index < -0.39 is 6.04 Å². The molecular weight excluding hydrogens is 409 g/mol. The molecule has 0 spiro atoms. The molecule has 5 nitrogen and oxygen atoms in total. The standard InChI is InChI=1S/C19H28ClN3O2.2ClH/c1-13-2-3-16(20)10-17(13)23-7-4-14(12-23)11-22-19(24)18(21)15-5-8-25-9-6-15;;/h2-3,10,14-15,18H,4-9,11-12,21H2,1H3,(H,22,24);2*1H. The van der Waals surface area contributed by atoms with Crippen molar-refractivity contribution in [2.75, 3.05) is 37.7 Å². The number of hydrogen-bond acceptors (Lipinski definition) is 4. The average Bonchev–Trinajstić information content (AvgIpc) is 3.10. The first-order valence-corrected chi connectivity index (χ1v) is 9.54.